The summed E-state index contributed by atoms with van der Waals surface area (Å²) >= 11 is 0. The molecule has 0 saturated heterocycles. The Morgan fingerprint density at radius 1 is 1.04 bits per heavy atom. The second-order valence-electron chi connectivity index (χ2n) is 5.77. The van der Waals surface area contributed by atoms with E-state index in [9.17, 15) is 19.2 Å². The number of H-pyrrole nitrogens is 1. The van der Waals surface area contributed by atoms with E-state index in [0.29, 0.717) is 16.7 Å². The van der Waals surface area contributed by atoms with Gasteiger partial charge in [0.2, 0.25) is 5.56 Å². The number of imide groups is 1. The summed E-state index contributed by atoms with van der Waals surface area (Å²) in [6.45, 7) is -0.665. The van der Waals surface area contributed by atoms with Crippen molar-refractivity contribution in [3.8, 4) is 5.75 Å². The lowest BCUT2D eigenvalue weighted by molar-refractivity contribution is -0.123. The molecule has 2 aromatic carbocycles. The van der Waals surface area contributed by atoms with Gasteiger partial charge in [0.1, 0.15) is 5.75 Å². The number of esters is 1. The molecule has 3 rings (SSSR count). The summed E-state index contributed by atoms with van der Waals surface area (Å²) in [5, 5.41) is 2.61. The van der Waals surface area contributed by atoms with Gasteiger partial charge in [-0.05, 0) is 30.3 Å². The van der Waals surface area contributed by atoms with Crippen molar-refractivity contribution in [2.24, 2.45) is 0 Å². The Morgan fingerprint density at radius 3 is 2.46 bits per heavy atom. The molecular formula is C20H16N2O6. The fourth-order valence-corrected chi connectivity index (χ4v) is 2.56. The van der Waals surface area contributed by atoms with E-state index in [0.717, 1.165) is 6.07 Å². The molecule has 3 aromatic rings. The fraction of sp³-hybridized carbons (Fsp3) is 0.100. The van der Waals surface area contributed by atoms with Crippen LogP contribution < -0.4 is 15.6 Å². The van der Waals surface area contributed by atoms with Crippen LogP contribution in [0.2, 0.25) is 0 Å². The van der Waals surface area contributed by atoms with Crippen molar-refractivity contribution < 1.29 is 23.9 Å². The second kappa shape index (κ2) is 8.17. The first-order valence-electron chi connectivity index (χ1n) is 8.25. The molecule has 0 fully saturated rings. The number of methoxy groups -OCH3 is 1. The van der Waals surface area contributed by atoms with E-state index in [2.05, 4.69) is 10.3 Å². The molecule has 1 heterocycles. The fourth-order valence-electron chi connectivity index (χ4n) is 2.56. The van der Waals surface area contributed by atoms with Gasteiger partial charge in [-0.2, -0.15) is 0 Å². The van der Waals surface area contributed by atoms with Gasteiger partial charge in [-0.15, -0.1) is 0 Å². The molecule has 0 bridgehead atoms. The van der Waals surface area contributed by atoms with Gasteiger partial charge in [0.25, 0.3) is 11.8 Å². The van der Waals surface area contributed by atoms with E-state index in [1.165, 1.54) is 19.2 Å². The third-order valence-electron chi connectivity index (χ3n) is 3.91. The van der Waals surface area contributed by atoms with Gasteiger partial charge in [-0.25, -0.2) is 4.79 Å². The zero-order valence-corrected chi connectivity index (χ0v) is 14.9. The molecule has 28 heavy (non-hydrogen) atoms. The topological polar surface area (TPSA) is 115 Å². The molecule has 8 heteroatoms. The minimum Gasteiger partial charge on any atom is -0.497 e. The minimum absolute atomic E-state index is 0.0358. The number of para-hydroxylation sites is 1. The van der Waals surface area contributed by atoms with Gasteiger partial charge in [0.15, 0.2) is 6.61 Å². The van der Waals surface area contributed by atoms with Gasteiger partial charge < -0.3 is 14.5 Å². The number of pyridine rings is 1. The second-order valence-corrected chi connectivity index (χ2v) is 5.77. The van der Waals surface area contributed by atoms with Crippen molar-refractivity contribution in [1.82, 2.24) is 10.3 Å². The van der Waals surface area contributed by atoms with Crippen molar-refractivity contribution in [3.05, 3.63) is 76.1 Å². The summed E-state index contributed by atoms with van der Waals surface area (Å²) in [5.41, 5.74) is 0.292. The number of benzene rings is 2. The van der Waals surface area contributed by atoms with Gasteiger partial charge in [0, 0.05) is 22.5 Å². The zero-order valence-electron chi connectivity index (χ0n) is 14.9. The van der Waals surface area contributed by atoms with Crippen LogP contribution in [0.3, 0.4) is 0 Å². The largest absolute Gasteiger partial charge is 0.497 e. The molecule has 0 aliphatic rings. The van der Waals surface area contributed by atoms with Crippen molar-refractivity contribution in [2.75, 3.05) is 13.7 Å². The Bertz CT molecular complexity index is 1100. The molecule has 0 aliphatic carbocycles. The smallest absolute Gasteiger partial charge is 0.339 e. The lowest BCUT2D eigenvalue weighted by Crippen LogP contribution is -2.34. The van der Waals surface area contributed by atoms with E-state index in [4.69, 9.17) is 9.47 Å². The predicted molar refractivity (Wildman–Crippen MR) is 100 cm³/mol. The van der Waals surface area contributed by atoms with Crippen LogP contribution in [0.1, 0.15) is 20.7 Å². The molecule has 0 atom stereocenters. The van der Waals surface area contributed by atoms with Crippen LogP contribution in [-0.4, -0.2) is 36.5 Å². The number of fused-ring (bicyclic) bond motifs is 1. The minimum atomic E-state index is -0.839. The summed E-state index contributed by atoms with van der Waals surface area (Å²) in [4.78, 5) is 50.5. The highest BCUT2D eigenvalue weighted by molar-refractivity contribution is 6.06. The third-order valence-corrected chi connectivity index (χ3v) is 3.91. The van der Waals surface area contributed by atoms with E-state index >= 15 is 0 Å². The van der Waals surface area contributed by atoms with Crippen LogP contribution in [0.25, 0.3) is 10.9 Å². The number of rotatable bonds is 5. The summed E-state index contributed by atoms with van der Waals surface area (Å²) in [6.07, 6.45) is 0. The van der Waals surface area contributed by atoms with Crippen molar-refractivity contribution in [3.63, 3.8) is 0 Å². The molecule has 2 amide bonds. The average Bonchev–Trinajstić information content (AvgIpc) is 2.71. The molecule has 0 saturated carbocycles. The number of aromatic nitrogens is 1. The third kappa shape index (κ3) is 4.24. The Hall–Kier alpha value is -3.94. The predicted octanol–water partition coefficient (Wildman–Crippen LogP) is 1.65. The van der Waals surface area contributed by atoms with E-state index in [1.807, 2.05) is 0 Å². The number of nitrogens with one attached hydrogen (secondary N) is 2. The summed E-state index contributed by atoms with van der Waals surface area (Å²) < 4.78 is 9.95. The standard InChI is InChI=1S/C20H16N2O6/c1-27-13-8-6-12(7-9-13)19(25)22-18(24)11-28-20(26)15-10-17(23)21-16-5-3-2-4-14(15)16/h2-10H,11H2,1H3,(H,21,23)(H,22,24,25). The SMILES string of the molecule is COc1ccc(C(=O)NC(=O)COC(=O)c2cc(=O)[nH]c3ccccc23)cc1. The van der Waals surface area contributed by atoms with Crippen molar-refractivity contribution in [2.45, 2.75) is 0 Å². The molecule has 0 spiro atoms. The van der Waals surface area contributed by atoms with Crippen LogP contribution in [0.5, 0.6) is 5.75 Å². The summed E-state index contributed by atoms with van der Waals surface area (Å²) in [6, 6.07) is 14.0. The Balaban J connectivity index is 1.63. The highest BCUT2D eigenvalue weighted by Crippen LogP contribution is 2.15. The first-order valence-corrected chi connectivity index (χ1v) is 8.25. The molecular weight excluding hydrogens is 364 g/mol. The van der Waals surface area contributed by atoms with Crippen LogP contribution in [-0.2, 0) is 9.53 Å². The lowest BCUT2D eigenvalue weighted by Gasteiger charge is -2.08. The van der Waals surface area contributed by atoms with Crippen molar-refractivity contribution >= 4 is 28.7 Å². The van der Waals surface area contributed by atoms with Gasteiger partial charge in [0.05, 0.1) is 12.7 Å². The number of hydrogen-bond donors (Lipinski definition) is 2. The number of carbonyl (C=O) groups is 3. The lowest BCUT2D eigenvalue weighted by atomic mass is 10.1. The maximum Gasteiger partial charge on any atom is 0.339 e. The monoisotopic (exact) mass is 380 g/mol. The maximum absolute atomic E-state index is 12.3. The Morgan fingerprint density at radius 2 is 1.75 bits per heavy atom. The summed E-state index contributed by atoms with van der Waals surface area (Å²) in [7, 11) is 1.50. The molecule has 0 radical (unpaired) electrons. The number of ether oxygens (including phenoxy) is 2. The van der Waals surface area contributed by atoms with Crippen LogP contribution in [0, 0.1) is 0 Å². The van der Waals surface area contributed by atoms with E-state index in [-0.39, 0.29) is 11.1 Å². The molecule has 2 N–H and O–H groups in total. The van der Waals surface area contributed by atoms with Gasteiger partial charge >= 0.3 is 5.97 Å². The van der Waals surface area contributed by atoms with Crippen LogP contribution in [0.4, 0.5) is 0 Å². The Labute approximate surface area is 159 Å². The van der Waals surface area contributed by atoms with E-state index < -0.39 is 29.9 Å². The zero-order chi connectivity index (χ0) is 20.1. The normalized spacial score (nSPS) is 10.3. The molecule has 142 valence electrons. The Kier molecular flexibility index (Phi) is 5.50. The first-order chi connectivity index (χ1) is 13.5. The number of aromatic amines is 1. The highest BCUT2D eigenvalue weighted by atomic mass is 16.5. The molecule has 1 aromatic heterocycles. The molecule has 8 nitrogen and oxygen atoms in total. The van der Waals surface area contributed by atoms with E-state index in [1.54, 1.807) is 36.4 Å². The van der Waals surface area contributed by atoms with Gasteiger partial charge in [-0.3, -0.25) is 19.7 Å². The molecule has 0 unspecified atom stereocenters. The summed E-state index contributed by atoms with van der Waals surface area (Å²) in [5.74, 6) is -1.69. The number of carbonyl (C=O) groups excluding carboxylic acids is 3. The molecule has 0 aliphatic heterocycles. The average molecular weight is 380 g/mol. The maximum atomic E-state index is 12.3. The van der Waals surface area contributed by atoms with Crippen molar-refractivity contribution in [1.29, 1.82) is 0 Å². The van der Waals surface area contributed by atoms with Gasteiger partial charge in [-0.1, -0.05) is 18.2 Å². The van der Waals surface area contributed by atoms with Crippen LogP contribution in [0.15, 0.2) is 59.4 Å². The number of amides is 2. The quantitative estimate of drug-likeness (QED) is 0.651. The first kappa shape index (κ1) is 18.8. The highest BCUT2D eigenvalue weighted by Gasteiger charge is 2.16. The number of hydrogen-bond acceptors (Lipinski definition) is 6. The van der Waals surface area contributed by atoms with Crippen LogP contribution >= 0.6 is 0 Å².